The van der Waals surface area contributed by atoms with Crippen LogP contribution in [0.2, 0.25) is 0 Å². The van der Waals surface area contributed by atoms with Gasteiger partial charge in [-0.05, 0) is 57.4 Å². The van der Waals surface area contributed by atoms with E-state index in [1.165, 1.54) is 12.1 Å². The van der Waals surface area contributed by atoms with Crippen molar-refractivity contribution in [3.05, 3.63) is 47.5 Å². The monoisotopic (exact) mass is 354 g/mol. The van der Waals surface area contributed by atoms with Crippen molar-refractivity contribution in [3.8, 4) is 5.75 Å². The van der Waals surface area contributed by atoms with Gasteiger partial charge in [-0.3, -0.25) is 4.79 Å². The summed E-state index contributed by atoms with van der Waals surface area (Å²) in [6.45, 7) is 7.70. The third-order valence-corrected chi connectivity index (χ3v) is 5.13. The summed E-state index contributed by atoms with van der Waals surface area (Å²) in [5.74, 6) is -0.596. The van der Waals surface area contributed by atoms with Crippen LogP contribution < -0.4 is 16.9 Å². The summed E-state index contributed by atoms with van der Waals surface area (Å²) in [6.07, 6.45) is 0. The SMILES string of the molecule is CC1(C)OB(c2cccc(O)c2C(=O)c2cc(N)ccc2N)OC1(C)C. The summed E-state index contributed by atoms with van der Waals surface area (Å²) in [5.41, 5.74) is 12.1. The first-order chi connectivity index (χ1) is 12.0. The molecule has 136 valence electrons. The van der Waals surface area contributed by atoms with Crippen molar-refractivity contribution < 1.29 is 19.2 Å². The minimum Gasteiger partial charge on any atom is -0.507 e. The zero-order valence-corrected chi connectivity index (χ0v) is 15.4. The van der Waals surface area contributed by atoms with Crippen molar-refractivity contribution >= 4 is 29.7 Å². The van der Waals surface area contributed by atoms with E-state index in [0.29, 0.717) is 11.2 Å². The van der Waals surface area contributed by atoms with Crippen LogP contribution in [0.4, 0.5) is 11.4 Å². The van der Waals surface area contributed by atoms with Crippen LogP contribution in [0.1, 0.15) is 43.6 Å². The molecule has 7 heteroatoms. The molecular weight excluding hydrogens is 331 g/mol. The Bertz CT molecular complexity index is 864. The highest BCUT2D eigenvalue weighted by Gasteiger charge is 2.52. The number of hydrogen-bond donors (Lipinski definition) is 3. The number of nitrogen functional groups attached to an aromatic ring is 2. The number of anilines is 2. The van der Waals surface area contributed by atoms with E-state index >= 15 is 0 Å². The molecule has 1 aliphatic rings. The van der Waals surface area contributed by atoms with Crippen LogP contribution >= 0.6 is 0 Å². The molecule has 0 radical (unpaired) electrons. The second-order valence-corrected chi connectivity index (χ2v) is 7.51. The number of benzene rings is 2. The molecule has 0 atom stereocenters. The van der Waals surface area contributed by atoms with Crippen LogP contribution in [0, 0.1) is 0 Å². The van der Waals surface area contributed by atoms with Crippen LogP contribution in [0.25, 0.3) is 0 Å². The zero-order chi connectivity index (χ0) is 19.3. The molecule has 0 spiro atoms. The Labute approximate surface area is 153 Å². The molecule has 1 saturated heterocycles. The molecular formula is C19H23BN2O4. The average molecular weight is 354 g/mol. The lowest BCUT2D eigenvalue weighted by Gasteiger charge is -2.32. The molecule has 0 unspecified atom stereocenters. The van der Waals surface area contributed by atoms with Gasteiger partial charge in [0.15, 0.2) is 5.78 Å². The quantitative estimate of drug-likeness (QED) is 0.443. The molecule has 1 aliphatic heterocycles. The molecule has 0 aliphatic carbocycles. The highest BCUT2D eigenvalue weighted by Crippen LogP contribution is 2.37. The standard InChI is InChI=1S/C19H23BN2O4/c1-18(2)19(3,4)26-20(25-18)13-6-5-7-15(23)16(13)17(24)12-10-11(21)8-9-14(12)22/h5-10,23H,21-22H2,1-4H3. The first-order valence-corrected chi connectivity index (χ1v) is 8.41. The van der Waals surface area contributed by atoms with E-state index in [1.807, 2.05) is 27.7 Å². The maximum atomic E-state index is 13.1. The fraction of sp³-hybridized carbons (Fsp3) is 0.316. The van der Waals surface area contributed by atoms with E-state index < -0.39 is 24.1 Å². The van der Waals surface area contributed by atoms with Crippen molar-refractivity contribution in [2.24, 2.45) is 0 Å². The summed E-state index contributed by atoms with van der Waals surface area (Å²) in [4.78, 5) is 13.1. The van der Waals surface area contributed by atoms with Gasteiger partial charge in [-0.1, -0.05) is 12.1 Å². The number of rotatable bonds is 3. The Morgan fingerprint density at radius 2 is 1.65 bits per heavy atom. The van der Waals surface area contributed by atoms with Crippen LogP contribution in [-0.4, -0.2) is 29.2 Å². The van der Waals surface area contributed by atoms with Gasteiger partial charge in [0.25, 0.3) is 0 Å². The number of nitrogens with two attached hydrogens (primary N) is 2. The molecule has 1 heterocycles. The highest BCUT2D eigenvalue weighted by atomic mass is 16.7. The average Bonchev–Trinajstić information content (AvgIpc) is 2.77. The van der Waals surface area contributed by atoms with Crippen molar-refractivity contribution in [2.75, 3.05) is 11.5 Å². The topological polar surface area (TPSA) is 108 Å². The molecule has 0 saturated carbocycles. The summed E-state index contributed by atoms with van der Waals surface area (Å²) in [5, 5.41) is 10.4. The van der Waals surface area contributed by atoms with Crippen molar-refractivity contribution in [1.82, 2.24) is 0 Å². The van der Waals surface area contributed by atoms with Gasteiger partial charge in [-0.25, -0.2) is 0 Å². The van der Waals surface area contributed by atoms with E-state index in [4.69, 9.17) is 20.8 Å². The number of phenols is 1. The molecule has 3 rings (SSSR count). The Morgan fingerprint density at radius 3 is 2.27 bits per heavy atom. The van der Waals surface area contributed by atoms with Gasteiger partial charge in [-0.15, -0.1) is 0 Å². The molecule has 26 heavy (non-hydrogen) atoms. The summed E-state index contributed by atoms with van der Waals surface area (Å²) in [6, 6.07) is 9.48. The second-order valence-electron chi connectivity index (χ2n) is 7.51. The molecule has 2 aromatic carbocycles. The lowest BCUT2D eigenvalue weighted by atomic mass is 9.74. The van der Waals surface area contributed by atoms with Gasteiger partial charge >= 0.3 is 7.12 Å². The first kappa shape index (κ1) is 18.3. The molecule has 0 aromatic heterocycles. The summed E-state index contributed by atoms with van der Waals surface area (Å²) >= 11 is 0. The van der Waals surface area contributed by atoms with E-state index in [2.05, 4.69) is 0 Å². The fourth-order valence-corrected chi connectivity index (χ4v) is 2.88. The van der Waals surface area contributed by atoms with Crippen molar-refractivity contribution in [1.29, 1.82) is 0 Å². The van der Waals surface area contributed by atoms with Crippen LogP contribution in [0.15, 0.2) is 36.4 Å². The van der Waals surface area contributed by atoms with Gasteiger partial charge in [0.2, 0.25) is 0 Å². The maximum Gasteiger partial charge on any atom is 0.495 e. The molecule has 0 bridgehead atoms. The third kappa shape index (κ3) is 2.93. The summed E-state index contributed by atoms with van der Waals surface area (Å²) in [7, 11) is -0.784. The number of carbonyl (C=O) groups excluding carboxylic acids is 1. The van der Waals surface area contributed by atoms with E-state index in [9.17, 15) is 9.90 Å². The van der Waals surface area contributed by atoms with Crippen molar-refractivity contribution in [2.45, 2.75) is 38.9 Å². The van der Waals surface area contributed by atoms with Crippen molar-refractivity contribution in [3.63, 3.8) is 0 Å². The molecule has 5 N–H and O–H groups in total. The Balaban J connectivity index is 2.10. The number of hydrogen-bond acceptors (Lipinski definition) is 6. The lowest BCUT2D eigenvalue weighted by Crippen LogP contribution is -2.41. The lowest BCUT2D eigenvalue weighted by molar-refractivity contribution is 0.00578. The predicted octanol–water partition coefficient (Wildman–Crippen LogP) is 2.09. The fourth-order valence-electron chi connectivity index (χ4n) is 2.88. The van der Waals surface area contributed by atoms with Gasteiger partial charge in [0.1, 0.15) is 5.75 Å². The van der Waals surface area contributed by atoms with E-state index in [1.54, 1.807) is 24.3 Å². The van der Waals surface area contributed by atoms with Gasteiger partial charge < -0.3 is 25.9 Å². The van der Waals surface area contributed by atoms with Crippen LogP contribution in [-0.2, 0) is 9.31 Å². The molecule has 2 aromatic rings. The van der Waals surface area contributed by atoms with Gasteiger partial charge in [-0.2, -0.15) is 0 Å². The Morgan fingerprint density at radius 1 is 1.04 bits per heavy atom. The summed E-state index contributed by atoms with van der Waals surface area (Å²) < 4.78 is 12.1. The Kier molecular flexibility index (Phi) is 4.25. The van der Waals surface area contributed by atoms with Crippen LogP contribution in [0.5, 0.6) is 5.75 Å². The predicted molar refractivity (Wildman–Crippen MR) is 103 cm³/mol. The molecule has 6 nitrogen and oxygen atoms in total. The second kappa shape index (κ2) is 6.04. The normalized spacial score (nSPS) is 18.1. The highest BCUT2D eigenvalue weighted by molar-refractivity contribution is 6.64. The van der Waals surface area contributed by atoms with Gasteiger partial charge in [0.05, 0.1) is 16.8 Å². The largest absolute Gasteiger partial charge is 0.507 e. The van der Waals surface area contributed by atoms with E-state index in [0.717, 1.165) is 0 Å². The first-order valence-electron chi connectivity index (χ1n) is 8.41. The zero-order valence-electron chi connectivity index (χ0n) is 15.4. The van der Waals surface area contributed by atoms with E-state index in [-0.39, 0.29) is 22.6 Å². The minimum absolute atomic E-state index is 0.100. The van der Waals surface area contributed by atoms with Crippen LogP contribution in [0.3, 0.4) is 0 Å². The Hall–Kier alpha value is -2.51. The number of phenolic OH excluding ortho intramolecular Hbond substituents is 1. The third-order valence-electron chi connectivity index (χ3n) is 5.13. The van der Waals surface area contributed by atoms with Gasteiger partial charge in [0, 0.05) is 16.9 Å². The number of ketones is 1. The number of carbonyl (C=O) groups is 1. The molecule has 0 amide bonds. The minimum atomic E-state index is -0.784. The number of aromatic hydroxyl groups is 1. The molecule has 1 fully saturated rings. The maximum absolute atomic E-state index is 13.1. The smallest absolute Gasteiger partial charge is 0.495 e.